The number of carbonyl (C=O) groups is 1. The number of carbonyl (C=O) groups excluding carboxylic acids is 1. The Bertz CT molecular complexity index is 438. The van der Waals surface area contributed by atoms with Gasteiger partial charge in [0.25, 0.3) is 0 Å². The predicted molar refractivity (Wildman–Crippen MR) is 115 cm³/mol. The molecule has 0 fully saturated rings. The lowest BCUT2D eigenvalue weighted by atomic mass is 10.1. The molecule has 29 heavy (non-hydrogen) atoms. The van der Waals surface area contributed by atoms with Crippen LogP contribution in [0.25, 0.3) is 0 Å². The zero-order valence-electron chi connectivity index (χ0n) is 18.5. The number of hydrogen-bond acceptors (Lipinski definition) is 5. The van der Waals surface area contributed by atoms with Crippen molar-refractivity contribution in [2.45, 2.75) is 83.8 Å². The van der Waals surface area contributed by atoms with E-state index in [1.54, 1.807) is 0 Å². The van der Waals surface area contributed by atoms with Crippen LogP contribution >= 0.6 is 0 Å². The van der Waals surface area contributed by atoms with Crippen molar-refractivity contribution in [1.82, 2.24) is 0 Å². The molecule has 0 aliphatic heterocycles. The van der Waals surface area contributed by atoms with E-state index in [0.717, 1.165) is 25.7 Å². The molecule has 6 heteroatoms. The number of unbranched alkanes of at least 4 members (excludes halogenated alkanes) is 3. The molecule has 6 nitrogen and oxygen atoms in total. The molecule has 2 atom stereocenters. The first-order valence-electron chi connectivity index (χ1n) is 11.2. The fourth-order valence-corrected chi connectivity index (χ4v) is 3.60. The van der Waals surface area contributed by atoms with E-state index in [1.165, 1.54) is 0 Å². The van der Waals surface area contributed by atoms with Crippen molar-refractivity contribution in [2.75, 3.05) is 32.8 Å². The summed E-state index contributed by atoms with van der Waals surface area (Å²) in [6.07, 6.45) is 13.3. The Kier molecular flexibility index (Phi) is 16.9. The second-order valence-corrected chi connectivity index (χ2v) is 8.01. The van der Waals surface area contributed by atoms with E-state index in [2.05, 4.69) is 26.0 Å². The van der Waals surface area contributed by atoms with E-state index in [-0.39, 0.29) is 13.0 Å². The van der Waals surface area contributed by atoms with Crippen LogP contribution in [0, 0.1) is 0 Å². The maximum atomic E-state index is 10.7. The van der Waals surface area contributed by atoms with E-state index < -0.39 is 18.2 Å². The van der Waals surface area contributed by atoms with Gasteiger partial charge in [0.05, 0.1) is 13.2 Å². The standard InChI is InChI=1S/C23H43NO5/c1-3-5-7-9-13-21(26)19-24(17-18-25,16-12-11-15-23(28)29)20-22(27)14-10-8-6-4-2/h7-10,21-22,25-27H,3-6,11-20H2,1-2H3/b9-7+,10-8+. The third-order valence-electron chi connectivity index (χ3n) is 5.09. The maximum absolute atomic E-state index is 10.7. The van der Waals surface area contributed by atoms with Crippen LogP contribution in [0.5, 0.6) is 0 Å². The molecular formula is C23H43NO5. The van der Waals surface area contributed by atoms with Gasteiger partial charge in [-0.3, -0.25) is 0 Å². The molecule has 170 valence electrons. The minimum absolute atomic E-state index is 0.00371. The van der Waals surface area contributed by atoms with E-state index in [9.17, 15) is 25.2 Å². The quantitative estimate of drug-likeness (QED) is 0.171. The van der Waals surface area contributed by atoms with Gasteiger partial charge in [-0.05, 0) is 44.9 Å². The molecule has 0 rings (SSSR count). The van der Waals surface area contributed by atoms with E-state index in [1.807, 2.05) is 12.2 Å². The molecule has 0 aromatic carbocycles. The molecule has 0 amide bonds. The topological polar surface area (TPSA) is 101 Å². The van der Waals surface area contributed by atoms with Gasteiger partial charge < -0.3 is 29.7 Å². The van der Waals surface area contributed by atoms with Crippen molar-refractivity contribution in [1.29, 1.82) is 0 Å². The minimum atomic E-state index is -1.06. The second kappa shape index (κ2) is 17.6. The van der Waals surface area contributed by atoms with Gasteiger partial charge in [0.1, 0.15) is 31.8 Å². The Labute approximate surface area is 177 Å². The van der Waals surface area contributed by atoms with Crippen molar-refractivity contribution in [3.05, 3.63) is 24.3 Å². The Balaban J connectivity index is 5.06. The molecule has 0 aliphatic carbocycles. The highest BCUT2D eigenvalue weighted by atomic mass is 16.4. The van der Waals surface area contributed by atoms with Crippen LogP contribution < -0.4 is 5.11 Å². The summed E-state index contributed by atoms with van der Waals surface area (Å²) < 4.78 is 0.384. The van der Waals surface area contributed by atoms with Crippen LogP contribution in [-0.4, -0.2) is 70.8 Å². The number of rotatable bonds is 19. The fraction of sp³-hybridized carbons (Fsp3) is 0.783. The van der Waals surface area contributed by atoms with Crippen LogP contribution in [0.1, 0.15) is 71.6 Å². The molecule has 0 radical (unpaired) electrons. The highest BCUT2D eigenvalue weighted by molar-refractivity contribution is 5.64. The largest absolute Gasteiger partial charge is 0.550 e. The maximum Gasteiger partial charge on any atom is 0.106 e. The number of carboxylic acids is 1. The second-order valence-electron chi connectivity index (χ2n) is 8.01. The van der Waals surface area contributed by atoms with Gasteiger partial charge in [0.2, 0.25) is 0 Å². The number of hydrogen-bond donors (Lipinski definition) is 3. The van der Waals surface area contributed by atoms with Gasteiger partial charge >= 0.3 is 0 Å². The summed E-state index contributed by atoms with van der Waals surface area (Å²) in [6, 6.07) is 0. The summed E-state index contributed by atoms with van der Waals surface area (Å²) >= 11 is 0. The van der Waals surface area contributed by atoms with Crippen molar-refractivity contribution in [2.24, 2.45) is 0 Å². The van der Waals surface area contributed by atoms with Gasteiger partial charge in [0, 0.05) is 5.97 Å². The first-order valence-corrected chi connectivity index (χ1v) is 11.2. The summed E-state index contributed by atoms with van der Waals surface area (Å²) in [5, 5.41) is 41.5. The molecule has 0 aliphatic rings. The number of quaternary nitrogens is 1. The number of allylic oxidation sites excluding steroid dienone is 2. The zero-order chi connectivity index (χ0) is 22.0. The Morgan fingerprint density at radius 1 is 0.897 bits per heavy atom. The Morgan fingerprint density at radius 3 is 1.83 bits per heavy atom. The lowest BCUT2D eigenvalue weighted by Crippen LogP contribution is -2.57. The molecule has 0 spiro atoms. The molecule has 0 aromatic heterocycles. The average molecular weight is 414 g/mol. The van der Waals surface area contributed by atoms with Crippen molar-refractivity contribution in [3.8, 4) is 0 Å². The molecule has 0 bridgehead atoms. The molecule has 0 heterocycles. The number of aliphatic carboxylic acids is 1. The van der Waals surface area contributed by atoms with Gasteiger partial charge in [-0.25, -0.2) is 0 Å². The highest BCUT2D eigenvalue weighted by Crippen LogP contribution is 2.16. The molecular weight excluding hydrogens is 370 g/mol. The first kappa shape index (κ1) is 27.8. The normalized spacial score (nSPS) is 16.3. The van der Waals surface area contributed by atoms with Crippen LogP contribution in [0.4, 0.5) is 0 Å². The molecule has 3 N–H and O–H groups in total. The van der Waals surface area contributed by atoms with E-state index in [4.69, 9.17) is 0 Å². The highest BCUT2D eigenvalue weighted by Gasteiger charge is 2.31. The van der Waals surface area contributed by atoms with Crippen LogP contribution in [-0.2, 0) is 4.79 Å². The Morgan fingerprint density at radius 2 is 1.41 bits per heavy atom. The lowest BCUT2D eigenvalue weighted by molar-refractivity contribution is -0.934. The SMILES string of the molecule is CCC/C=C/CC(O)C[N+](CCO)(CCCCC(=O)[O-])CC(O)C/C=C/CCC. The third-order valence-corrected chi connectivity index (χ3v) is 5.09. The monoisotopic (exact) mass is 413 g/mol. The van der Waals surface area contributed by atoms with Crippen molar-refractivity contribution < 1.29 is 29.7 Å². The minimum Gasteiger partial charge on any atom is -0.550 e. The third kappa shape index (κ3) is 15.3. The van der Waals surface area contributed by atoms with E-state index in [0.29, 0.717) is 56.3 Å². The van der Waals surface area contributed by atoms with Crippen LogP contribution in [0.3, 0.4) is 0 Å². The summed E-state index contributed by atoms with van der Waals surface area (Å²) in [7, 11) is 0. The van der Waals surface area contributed by atoms with Gasteiger partial charge in [-0.1, -0.05) is 51.0 Å². The lowest BCUT2D eigenvalue weighted by Gasteiger charge is -2.41. The number of nitrogens with zero attached hydrogens (tertiary/aromatic N) is 1. The van der Waals surface area contributed by atoms with Crippen molar-refractivity contribution >= 4 is 5.97 Å². The van der Waals surface area contributed by atoms with Crippen LogP contribution in [0.2, 0.25) is 0 Å². The molecule has 0 saturated heterocycles. The summed E-state index contributed by atoms with van der Waals surface area (Å²) in [4.78, 5) is 10.7. The molecule has 0 aromatic rings. The average Bonchev–Trinajstić information content (AvgIpc) is 2.66. The number of aliphatic hydroxyl groups is 3. The summed E-state index contributed by atoms with van der Waals surface area (Å²) in [5.41, 5.74) is 0. The smallest absolute Gasteiger partial charge is 0.106 e. The van der Waals surface area contributed by atoms with Gasteiger partial charge in [-0.15, -0.1) is 0 Å². The van der Waals surface area contributed by atoms with E-state index >= 15 is 0 Å². The fourth-order valence-electron chi connectivity index (χ4n) is 3.60. The first-order chi connectivity index (χ1) is 13.9. The summed E-state index contributed by atoms with van der Waals surface area (Å²) in [5.74, 6) is -1.06. The molecule has 0 saturated carbocycles. The van der Waals surface area contributed by atoms with Gasteiger partial charge in [-0.2, -0.15) is 0 Å². The Hall–Kier alpha value is -1.21. The summed E-state index contributed by atoms with van der Waals surface area (Å²) in [6.45, 7) is 6.06. The van der Waals surface area contributed by atoms with Gasteiger partial charge in [0.15, 0.2) is 0 Å². The number of carboxylic acid groups (broad SMARTS) is 1. The zero-order valence-corrected chi connectivity index (χ0v) is 18.5. The molecule has 2 unspecified atom stereocenters. The number of aliphatic hydroxyl groups excluding tert-OH is 3. The van der Waals surface area contributed by atoms with Crippen LogP contribution in [0.15, 0.2) is 24.3 Å². The van der Waals surface area contributed by atoms with Crippen molar-refractivity contribution in [3.63, 3.8) is 0 Å². The predicted octanol–water partition coefficient (Wildman–Crippen LogP) is 1.93.